The van der Waals surface area contributed by atoms with Gasteiger partial charge in [0.05, 0.1) is 6.10 Å². The summed E-state index contributed by atoms with van der Waals surface area (Å²) in [5.41, 5.74) is 2.82. The quantitative estimate of drug-likeness (QED) is 0.801. The molecular weight excluding hydrogens is 233 g/mol. The highest BCUT2D eigenvalue weighted by atomic mass is 19.1. The van der Waals surface area contributed by atoms with Crippen molar-refractivity contribution in [1.82, 2.24) is 0 Å². The zero-order chi connectivity index (χ0) is 13.2. The Morgan fingerprint density at radius 2 is 2.00 bits per heavy atom. The minimum atomic E-state index is -0.361. The molecule has 0 aromatic heterocycles. The van der Waals surface area contributed by atoms with E-state index in [0.717, 1.165) is 25.7 Å². The molecule has 1 aromatic rings. The lowest BCUT2D eigenvalue weighted by molar-refractivity contribution is 0.0986. The molecule has 2 rings (SSSR count). The normalized spacial score (nSPS) is 19.6. The molecule has 2 N–H and O–H groups in total. The van der Waals surface area contributed by atoms with Crippen molar-refractivity contribution in [2.75, 3.05) is 5.48 Å². The van der Waals surface area contributed by atoms with Gasteiger partial charge in [-0.3, -0.25) is 10.7 Å². The summed E-state index contributed by atoms with van der Waals surface area (Å²) in [4.78, 5) is 0. The Kier molecular flexibility index (Phi) is 3.76. The lowest BCUT2D eigenvalue weighted by atomic mass is 9.76. The summed E-state index contributed by atoms with van der Waals surface area (Å²) < 4.78 is 19.0. The molecule has 0 bridgehead atoms. The number of nitrogens with one attached hydrogen (secondary N) is 1. The van der Waals surface area contributed by atoms with Crippen molar-refractivity contribution < 1.29 is 14.3 Å². The summed E-state index contributed by atoms with van der Waals surface area (Å²) in [6.07, 6.45) is 4.25. The van der Waals surface area contributed by atoms with Gasteiger partial charge in [0.2, 0.25) is 0 Å². The van der Waals surface area contributed by atoms with E-state index in [-0.39, 0.29) is 11.9 Å². The van der Waals surface area contributed by atoms with Gasteiger partial charge >= 0.3 is 0 Å². The lowest BCUT2D eigenvalue weighted by Gasteiger charge is -2.34. The fraction of sp³-hybridized carbons (Fsp3) is 0.571. The van der Waals surface area contributed by atoms with E-state index in [2.05, 4.69) is 13.8 Å². The van der Waals surface area contributed by atoms with Gasteiger partial charge in [0.1, 0.15) is 17.3 Å². The fourth-order valence-corrected chi connectivity index (χ4v) is 2.36. The van der Waals surface area contributed by atoms with E-state index in [0.29, 0.717) is 16.9 Å². The van der Waals surface area contributed by atoms with Crippen LogP contribution in [0.4, 0.5) is 10.1 Å². The average molecular weight is 253 g/mol. The van der Waals surface area contributed by atoms with Crippen LogP contribution in [0, 0.1) is 11.2 Å². The Labute approximate surface area is 107 Å². The second-order valence-corrected chi connectivity index (χ2v) is 5.73. The van der Waals surface area contributed by atoms with Crippen molar-refractivity contribution in [2.45, 2.75) is 45.6 Å². The molecular formula is C14H20FNO2. The molecule has 100 valence electrons. The summed E-state index contributed by atoms with van der Waals surface area (Å²) in [5.74, 6) is 0.0161. The van der Waals surface area contributed by atoms with E-state index >= 15 is 0 Å². The molecule has 18 heavy (non-hydrogen) atoms. The lowest BCUT2D eigenvalue weighted by Crippen LogP contribution is -2.28. The zero-order valence-electron chi connectivity index (χ0n) is 10.9. The van der Waals surface area contributed by atoms with Gasteiger partial charge in [0.25, 0.3) is 0 Å². The number of anilines is 1. The van der Waals surface area contributed by atoms with E-state index in [9.17, 15) is 4.39 Å². The standard InChI is InChI=1S/C14H20FNO2/c1-14(2)7-5-11(6-8-14)18-13-9-10(15)3-4-12(13)16-17/h3-4,9,11,16-17H,5-8H2,1-2H3. The molecule has 0 saturated heterocycles. The third-order valence-electron chi connectivity index (χ3n) is 3.64. The SMILES string of the molecule is CC1(C)CCC(Oc2cc(F)ccc2NO)CC1. The smallest absolute Gasteiger partial charge is 0.148 e. The third kappa shape index (κ3) is 3.13. The first-order chi connectivity index (χ1) is 8.50. The van der Waals surface area contributed by atoms with Crippen molar-refractivity contribution in [2.24, 2.45) is 5.41 Å². The van der Waals surface area contributed by atoms with Crippen LogP contribution in [-0.2, 0) is 0 Å². The minimum absolute atomic E-state index is 0.104. The summed E-state index contributed by atoms with van der Waals surface area (Å²) in [6, 6.07) is 4.06. The maximum Gasteiger partial charge on any atom is 0.148 e. The highest BCUT2D eigenvalue weighted by Gasteiger charge is 2.28. The molecule has 0 unspecified atom stereocenters. The van der Waals surface area contributed by atoms with E-state index in [1.807, 2.05) is 5.48 Å². The van der Waals surface area contributed by atoms with Crippen molar-refractivity contribution in [3.63, 3.8) is 0 Å². The van der Waals surface area contributed by atoms with E-state index < -0.39 is 0 Å². The van der Waals surface area contributed by atoms with Crippen molar-refractivity contribution in [1.29, 1.82) is 0 Å². The summed E-state index contributed by atoms with van der Waals surface area (Å²) >= 11 is 0. The predicted octanol–water partition coefficient (Wildman–Crippen LogP) is 3.97. The van der Waals surface area contributed by atoms with Crippen LogP contribution in [-0.4, -0.2) is 11.3 Å². The van der Waals surface area contributed by atoms with Gasteiger partial charge in [-0.05, 0) is 43.2 Å². The zero-order valence-corrected chi connectivity index (χ0v) is 10.9. The maximum atomic E-state index is 13.2. The first-order valence-electron chi connectivity index (χ1n) is 6.36. The van der Waals surface area contributed by atoms with Crippen LogP contribution in [0.2, 0.25) is 0 Å². The van der Waals surface area contributed by atoms with Crippen LogP contribution in [0.3, 0.4) is 0 Å². The van der Waals surface area contributed by atoms with Gasteiger partial charge in [-0.2, -0.15) is 0 Å². The Balaban J connectivity index is 2.04. The average Bonchev–Trinajstić information content (AvgIpc) is 2.32. The monoisotopic (exact) mass is 253 g/mol. The predicted molar refractivity (Wildman–Crippen MR) is 68.5 cm³/mol. The molecule has 1 aliphatic carbocycles. The number of benzene rings is 1. The summed E-state index contributed by atoms with van der Waals surface area (Å²) in [7, 11) is 0. The Morgan fingerprint density at radius 1 is 1.33 bits per heavy atom. The Bertz CT molecular complexity index is 410. The maximum absolute atomic E-state index is 13.2. The number of rotatable bonds is 3. The molecule has 0 aliphatic heterocycles. The van der Waals surface area contributed by atoms with Gasteiger partial charge in [-0.25, -0.2) is 4.39 Å². The van der Waals surface area contributed by atoms with Crippen LogP contribution in [0.1, 0.15) is 39.5 Å². The number of halogens is 1. The first-order valence-corrected chi connectivity index (χ1v) is 6.36. The van der Waals surface area contributed by atoms with E-state index in [4.69, 9.17) is 9.94 Å². The van der Waals surface area contributed by atoms with Crippen LogP contribution in [0.15, 0.2) is 18.2 Å². The molecule has 1 aliphatic rings. The second-order valence-electron chi connectivity index (χ2n) is 5.73. The molecule has 0 heterocycles. The molecule has 0 spiro atoms. The fourth-order valence-electron chi connectivity index (χ4n) is 2.36. The Morgan fingerprint density at radius 3 is 2.61 bits per heavy atom. The molecule has 3 nitrogen and oxygen atoms in total. The number of ether oxygens (including phenoxy) is 1. The van der Waals surface area contributed by atoms with Gasteiger partial charge in [-0.1, -0.05) is 13.8 Å². The second kappa shape index (κ2) is 5.14. The molecule has 0 amide bonds. The molecule has 4 heteroatoms. The van der Waals surface area contributed by atoms with Gasteiger partial charge < -0.3 is 4.74 Å². The molecule has 1 fully saturated rings. The van der Waals surface area contributed by atoms with Crippen LogP contribution in [0.5, 0.6) is 5.75 Å². The largest absolute Gasteiger partial charge is 0.488 e. The van der Waals surface area contributed by atoms with Crippen LogP contribution >= 0.6 is 0 Å². The minimum Gasteiger partial charge on any atom is -0.488 e. The molecule has 1 saturated carbocycles. The van der Waals surface area contributed by atoms with Gasteiger partial charge in [-0.15, -0.1) is 0 Å². The highest BCUT2D eigenvalue weighted by molar-refractivity contribution is 5.54. The molecule has 0 radical (unpaired) electrons. The summed E-state index contributed by atoms with van der Waals surface area (Å²) in [6.45, 7) is 4.51. The highest BCUT2D eigenvalue weighted by Crippen LogP contribution is 2.37. The number of hydrogen-bond acceptors (Lipinski definition) is 3. The van der Waals surface area contributed by atoms with Gasteiger partial charge in [0.15, 0.2) is 0 Å². The third-order valence-corrected chi connectivity index (χ3v) is 3.64. The van der Waals surface area contributed by atoms with E-state index in [1.165, 1.54) is 18.2 Å². The Hall–Kier alpha value is -1.29. The van der Waals surface area contributed by atoms with Crippen molar-refractivity contribution in [3.8, 4) is 5.75 Å². The van der Waals surface area contributed by atoms with Crippen LogP contribution < -0.4 is 10.2 Å². The molecule has 0 atom stereocenters. The van der Waals surface area contributed by atoms with Crippen molar-refractivity contribution >= 4 is 5.69 Å². The van der Waals surface area contributed by atoms with Crippen LogP contribution in [0.25, 0.3) is 0 Å². The van der Waals surface area contributed by atoms with Crippen molar-refractivity contribution in [3.05, 3.63) is 24.0 Å². The first kappa shape index (κ1) is 13.1. The topological polar surface area (TPSA) is 41.5 Å². The van der Waals surface area contributed by atoms with Gasteiger partial charge in [0, 0.05) is 6.07 Å². The summed E-state index contributed by atoms with van der Waals surface area (Å²) in [5, 5.41) is 8.97. The molecule has 1 aromatic carbocycles. The number of hydrogen-bond donors (Lipinski definition) is 2. The van der Waals surface area contributed by atoms with E-state index in [1.54, 1.807) is 0 Å².